The maximum Gasteiger partial charge on any atom is 0.233 e. The van der Waals surface area contributed by atoms with E-state index in [4.69, 9.17) is 5.73 Å². The van der Waals surface area contributed by atoms with Gasteiger partial charge in [-0.05, 0) is 18.2 Å². The summed E-state index contributed by atoms with van der Waals surface area (Å²) in [6.07, 6.45) is 0. The van der Waals surface area contributed by atoms with Gasteiger partial charge in [0.25, 0.3) is 0 Å². The molecule has 0 heterocycles. The van der Waals surface area contributed by atoms with Crippen molar-refractivity contribution in [2.75, 3.05) is 20.6 Å². The van der Waals surface area contributed by atoms with Crippen LogP contribution in [-0.2, 0) is 17.9 Å². The van der Waals surface area contributed by atoms with Crippen molar-refractivity contribution >= 4 is 5.91 Å². The number of nitrogens with two attached hydrogens (primary N) is 1. The second kappa shape index (κ2) is 6.25. The van der Waals surface area contributed by atoms with Crippen molar-refractivity contribution in [3.63, 3.8) is 0 Å². The van der Waals surface area contributed by atoms with Crippen molar-refractivity contribution in [1.82, 2.24) is 10.2 Å². The summed E-state index contributed by atoms with van der Waals surface area (Å²) in [6.45, 7) is 1.67. The smallest absolute Gasteiger partial charge is 0.233 e. The fraction of sp³-hybridized carbons (Fsp3) is 0.417. The Kier molecular flexibility index (Phi) is 4.95. The lowest BCUT2D eigenvalue weighted by molar-refractivity contribution is -0.121. The number of hydrogen-bond donors (Lipinski definition) is 2. The highest BCUT2D eigenvalue weighted by molar-refractivity contribution is 5.77. The van der Waals surface area contributed by atoms with Gasteiger partial charge in [-0.15, -0.1) is 0 Å². The largest absolute Gasteiger partial charge is 0.358 e. The molecule has 16 heavy (non-hydrogen) atoms. The summed E-state index contributed by atoms with van der Waals surface area (Å²) >= 11 is 0. The Labute approximate surface area is 96.4 Å². The summed E-state index contributed by atoms with van der Waals surface area (Å²) in [6, 6.07) is 8.03. The zero-order valence-electron chi connectivity index (χ0n) is 9.86. The molecule has 1 aromatic carbocycles. The Morgan fingerprint density at radius 2 is 2.00 bits per heavy atom. The lowest BCUT2D eigenvalue weighted by atomic mass is 10.1. The third kappa shape index (κ3) is 3.64. The van der Waals surface area contributed by atoms with E-state index in [0.29, 0.717) is 13.1 Å². The van der Waals surface area contributed by atoms with E-state index in [1.165, 1.54) is 5.56 Å². The Hall–Kier alpha value is -1.39. The van der Waals surface area contributed by atoms with Crippen molar-refractivity contribution in [3.05, 3.63) is 35.4 Å². The highest BCUT2D eigenvalue weighted by Crippen LogP contribution is 2.09. The number of hydrogen-bond acceptors (Lipinski definition) is 3. The average Bonchev–Trinajstić information content (AvgIpc) is 2.29. The zero-order valence-corrected chi connectivity index (χ0v) is 9.86. The van der Waals surface area contributed by atoms with Crippen LogP contribution in [0.15, 0.2) is 24.3 Å². The van der Waals surface area contributed by atoms with Crippen molar-refractivity contribution in [2.45, 2.75) is 13.1 Å². The van der Waals surface area contributed by atoms with Crippen LogP contribution < -0.4 is 11.1 Å². The van der Waals surface area contributed by atoms with Gasteiger partial charge in [-0.1, -0.05) is 24.3 Å². The van der Waals surface area contributed by atoms with E-state index in [9.17, 15) is 4.79 Å². The minimum Gasteiger partial charge on any atom is -0.358 e. The Balaban J connectivity index is 2.61. The Bertz CT molecular complexity index is 352. The van der Waals surface area contributed by atoms with Crippen LogP contribution in [0.2, 0.25) is 0 Å². The lowest BCUT2D eigenvalue weighted by Gasteiger charge is -2.17. The molecule has 0 unspecified atom stereocenters. The molecular weight excluding hydrogens is 202 g/mol. The first-order valence-corrected chi connectivity index (χ1v) is 5.33. The molecule has 4 heteroatoms. The van der Waals surface area contributed by atoms with E-state index in [2.05, 4.69) is 5.32 Å². The van der Waals surface area contributed by atoms with Crippen LogP contribution in [0.1, 0.15) is 11.1 Å². The average molecular weight is 221 g/mol. The summed E-state index contributed by atoms with van der Waals surface area (Å²) in [5, 5.41) is 2.60. The molecule has 0 bridgehead atoms. The SMILES string of the molecule is CNC(=O)CN(C)Cc1ccccc1CN. The van der Waals surface area contributed by atoms with Gasteiger partial charge in [0, 0.05) is 20.1 Å². The number of benzene rings is 1. The first kappa shape index (κ1) is 12.7. The molecule has 0 fully saturated rings. The first-order chi connectivity index (χ1) is 7.67. The number of nitrogens with one attached hydrogen (secondary N) is 1. The standard InChI is InChI=1S/C12H19N3O/c1-14-12(16)9-15(2)8-11-6-4-3-5-10(11)7-13/h3-6H,7-9,13H2,1-2H3,(H,14,16). The summed E-state index contributed by atoms with van der Waals surface area (Å²) < 4.78 is 0. The molecule has 0 radical (unpaired) electrons. The minimum absolute atomic E-state index is 0.0210. The molecule has 1 aromatic rings. The molecule has 0 saturated carbocycles. The number of likely N-dealkylation sites (N-methyl/N-ethyl adjacent to an activating group) is 2. The highest BCUT2D eigenvalue weighted by atomic mass is 16.1. The van der Waals surface area contributed by atoms with Crippen LogP contribution in [0.4, 0.5) is 0 Å². The molecule has 0 aliphatic heterocycles. The van der Waals surface area contributed by atoms with Crippen molar-refractivity contribution in [3.8, 4) is 0 Å². The molecule has 3 N–H and O–H groups in total. The van der Waals surface area contributed by atoms with Gasteiger partial charge in [0.1, 0.15) is 0 Å². The second-order valence-electron chi connectivity index (χ2n) is 3.82. The van der Waals surface area contributed by atoms with Gasteiger partial charge in [0.15, 0.2) is 0 Å². The summed E-state index contributed by atoms with van der Waals surface area (Å²) in [5.74, 6) is 0.0210. The molecule has 0 aliphatic rings. The van der Waals surface area contributed by atoms with Crippen LogP contribution in [0.5, 0.6) is 0 Å². The fourth-order valence-electron chi connectivity index (χ4n) is 1.58. The maximum absolute atomic E-state index is 11.2. The van der Waals surface area contributed by atoms with E-state index >= 15 is 0 Å². The van der Waals surface area contributed by atoms with Crippen molar-refractivity contribution < 1.29 is 4.79 Å². The molecule has 0 spiro atoms. The van der Waals surface area contributed by atoms with E-state index in [1.807, 2.05) is 36.2 Å². The van der Waals surface area contributed by atoms with E-state index < -0.39 is 0 Å². The highest BCUT2D eigenvalue weighted by Gasteiger charge is 2.07. The van der Waals surface area contributed by atoms with Gasteiger partial charge in [-0.25, -0.2) is 0 Å². The predicted molar refractivity (Wildman–Crippen MR) is 64.7 cm³/mol. The molecule has 0 saturated heterocycles. The number of rotatable bonds is 5. The second-order valence-corrected chi connectivity index (χ2v) is 3.82. The molecule has 1 amide bonds. The van der Waals surface area contributed by atoms with Gasteiger partial charge < -0.3 is 11.1 Å². The molecule has 0 aliphatic carbocycles. The third-order valence-corrected chi connectivity index (χ3v) is 2.47. The van der Waals surface area contributed by atoms with Crippen LogP contribution in [0.3, 0.4) is 0 Å². The third-order valence-electron chi connectivity index (χ3n) is 2.47. The molecule has 4 nitrogen and oxygen atoms in total. The molecule has 88 valence electrons. The quantitative estimate of drug-likeness (QED) is 0.753. The molecular formula is C12H19N3O. The zero-order chi connectivity index (χ0) is 12.0. The number of nitrogens with zero attached hydrogens (tertiary/aromatic N) is 1. The summed E-state index contributed by atoms with van der Waals surface area (Å²) in [7, 11) is 3.56. The fourth-order valence-corrected chi connectivity index (χ4v) is 1.58. The van der Waals surface area contributed by atoms with Gasteiger partial charge in [0.05, 0.1) is 6.54 Å². The Morgan fingerprint density at radius 3 is 2.56 bits per heavy atom. The van der Waals surface area contributed by atoms with Gasteiger partial charge in [-0.3, -0.25) is 9.69 Å². The first-order valence-electron chi connectivity index (χ1n) is 5.33. The topological polar surface area (TPSA) is 58.4 Å². The molecule has 0 atom stereocenters. The summed E-state index contributed by atoms with van der Waals surface area (Å²) in [4.78, 5) is 13.2. The van der Waals surface area contributed by atoms with Crippen LogP contribution >= 0.6 is 0 Å². The van der Waals surface area contributed by atoms with E-state index in [0.717, 1.165) is 12.1 Å². The predicted octanol–water partition coefficient (Wildman–Crippen LogP) is 0.323. The Morgan fingerprint density at radius 1 is 1.38 bits per heavy atom. The van der Waals surface area contributed by atoms with E-state index in [-0.39, 0.29) is 5.91 Å². The van der Waals surface area contributed by atoms with Crippen LogP contribution in [0, 0.1) is 0 Å². The lowest BCUT2D eigenvalue weighted by Crippen LogP contribution is -2.32. The van der Waals surface area contributed by atoms with Gasteiger partial charge in [-0.2, -0.15) is 0 Å². The molecule has 0 aromatic heterocycles. The van der Waals surface area contributed by atoms with Crippen molar-refractivity contribution in [1.29, 1.82) is 0 Å². The molecule has 1 rings (SSSR count). The van der Waals surface area contributed by atoms with Crippen LogP contribution in [-0.4, -0.2) is 31.4 Å². The normalized spacial score (nSPS) is 10.5. The van der Waals surface area contributed by atoms with Crippen LogP contribution in [0.25, 0.3) is 0 Å². The monoisotopic (exact) mass is 221 g/mol. The number of carbonyl (C=O) groups excluding carboxylic acids is 1. The minimum atomic E-state index is 0.0210. The van der Waals surface area contributed by atoms with Gasteiger partial charge >= 0.3 is 0 Å². The van der Waals surface area contributed by atoms with E-state index in [1.54, 1.807) is 7.05 Å². The van der Waals surface area contributed by atoms with Gasteiger partial charge in [0.2, 0.25) is 5.91 Å². The maximum atomic E-state index is 11.2. The number of carbonyl (C=O) groups is 1. The number of amides is 1. The summed E-state index contributed by atoms with van der Waals surface area (Å²) in [5.41, 5.74) is 7.96. The van der Waals surface area contributed by atoms with Crippen molar-refractivity contribution in [2.24, 2.45) is 5.73 Å².